The minimum absolute atomic E-state index is 0.449. The average molecular weight is 401 g/mol. The van der Waals surface area contributed by atoms with E-state index in [-0.39, 0.29) is 0 Å². The first kappa shape index (κ1) is 15.3. The number of halogens is 2. The standard InChI is InChI=1S/C14H15Br2N3O/c1-2-7-17-14-18-8-12(16)13(19-14)20-9-10-5-3-4-6-11(10)15/h3-6,8H,2,7,9H2,1H3,(H,17,18,19). The lowest BCUT2D eigenvalue weighted by atomic mass is 10.2. The summed E-state index contributed by atoms with van der Waals surface area (Å²) in [5, 5.41) is 3.14. The molecule has 0 radical (unpaired) electrons. The number of ether oxygens (including phenoxy) is 1. The first-order valence-electron chi connectivity index (χ1n) is 6.33. The Morgan fingerprint density at radius 3 is 2.75 bits per heavy atom. The molecule has 1 heterocycles. The molecule has 0 aliphatic carbocycles. The lowest BCUT2D eigenvalue weighted by Crippen LogP contribution is -2.06. The van der Waals surface area contributed by atoms with Gasteiger partial charge in [-0.15, -0.1) is 0 Å². The van der Waals surface area contributed by atoms with Gasteiger partial charge in [-0.2, -0.15) is 4.98 Å². The van der Waals surface area contributed by atoms with Crippen LogP contribution in [-0.4, -0.2) is 16.5 Å². The summed E-state index contributed by atoms with van der Waals surface area (Å²) in [6.07, 6.45) is 2.72. The number of nitrogens with zero attached hydrogens (tertiary/aromatic N) is 2. The number of nitrogens with one attached hydrogen (secondary N) is 1. The summed E-state index contributed by atoms with van der Waals surface area (Å²) in [5.74, 6) is 1.12. The molecule has 1 N–H and O–H groups in total. The number of aromatic nitrogens is 2. The minimum Gasteiger partial charge on any atom is -0.472 e. The van der Waals surface area contributed by atoms with Gasteiger partial charge in [0.05, 0.1) is 10.7 Å². The number of anilines is 1. The Balaban J connectivity index is 2.07. The molecule has 106 valence electrons. The highest BCUT2D eigenvalue weighted by Crippen LogP contribution is 2.25. The molecule has 1 aromatic heterocycles. The fourth-order valence-corrected chi connectivity index (χ4v) is 2.24. The molecule has 0 saturated carbocycles. The van der Waals surface area contributed by atoms with Gasteiger partial charge in [-0.1, -0.05) is 41.1 Å². The zero-order valence-electron chi connectivity index (χ0n) is 11.1. The van der Waals surface area contributed by atoms with Crippen LogP contribution in [0.3, 0.4) is 0 Å². The normalized spacial score (nSPS) is 10.3. The van der Waals surface area contributed by atoms with Crippen LogP contribution in [0.15, 0.2) is 39.4 Å². The molecule has 0 atom stereocenters. The SMILES string of the molecule is CCCNc1ncc(Br)c(OCc2ccccc2Br)n1. The molecule has 1 aromatic carbocycles. The summed E-state index contributed by atoms with van der Waals surface area (Å²) in [5.41, 5.74) is 1.07. The van der Waals surface area contributed by atoms with Gasteiger partial charge in [0.25, 0.3) is 0 Å². The third-order valence-corrected chi connectivity index (χ3v) is 3.88. The molecule has 0 spiro atoms. The van der Waals surface area contributed by atoms with E-state index in [0.29, 0.717) is 18.4 Å². The van der Waals surface area contributed by atoms with Gasteiger partial charge in [0.15, 0.2) is 0 Å². The lowest BCUT2D eigenvalue weighted by Gasteiger charge is -2.10. The Labute approximate surface area is 135 Å². The Morgan fingerprint density at radius 2 is 2.00 bits per heavy atom. The lowest BCUT2D eigenvalue weighted by molar-refractivity contribution is 0.291. The Hall–Kier alpha value is -1.14. The van der Waals surface area contributed by atoms with Gasteiger partial charge in [-0.3, -0.25) is 0 Å². The van der Waals surface area contributed by atoms with E-state index in [0.717, 1.165) is 27.5 Å². The van der Waals surface area contributed by atoms with E-state index in [9.17, 15) is 0 Å². The van der Waals surface area contributed by atoms with E-state index in [2.05, 4.69) is 54.1 Å². The van der Waals surface area contributed by atoms with E-state index < -0.39 is 0 Å². The Morgan fingerprint density at radius 1 is 1.20 bits per heavy atom. The molecule has 2 rings (SSSR count). The fraction of sp³-hybridized carbons (Fsp3) is 0.286. The van der Waals surface area contributed by atoms with Gasteiger partial charge in [0, 0.05) is 16.6 Å². The van der Waals surface area contributed by atoms with Gasteiger partial charge < -0.3 is 10.1 Å². The first-order valence-corrected chi connectivity index (χ1v) is 7.92. The summed E-state index contributed by atoms with van der Waals surface area (Å²) >= 11 is 6.90. The number of hydrogen-bond donors (Lipinski definition) is 1. The van der Waals surface area contributed by atoms with Crippen molar-refractivity contribution >= 4 is 37.8 Å². The molecule has 0 bridgehead atoms. The van der Waals surface area contributed by atoms with Crippen LogP contribution in [-0.2, 0) is 6.61 Å². The fourth-order valence-electron chi connectivity index (χ4n) is 1.54. The largest absolute Gasteiger partial charge is 0.472 e. The van der Waals surface area contributed by atoms with Crippen molar-refractivity contribution in [3.05, 3.63) is 45.0 Å². The molecule has 6 heteroatoms. The summed E-state index contributed by atoms with van der Waals surface area (Å²) in [7, 11) is 0. The van der Waals surface area contributed by atoms with Crippen molar-refractivity contribution in [2.45, 2.75) is 20.0 Å². The number of rotatable bonds is 6. The minimum atomic E-state index is 0.449. The second kappa shape index (κ2) is 7.59. The third kappa shape index (κ3) is 4.18. The second-order valence-corrected chi connectivity index (χ2v) is 5.86. The average Bonchev–Trinajstić information content (AvgIpc) is 2.46. The zero-order valence-corrected chi connectivity index (χ0v) is 14.2. The zero-order chi connectivity index (χ0) is 14.4. The van der Waals surface area contributed by atoms with Crippen LogP contribution < -0.4 is 10.1 Å². The first-order chi connectivity index (χ1) is 9.70. The summed E-state index contributed by atoms with van der Waals surface area (Å²) in [6, 6.07) is 7.95. The molecular weight excluding hydrogens is 386 g/mol. The Bertz CT molecular complexity index is 578. The van der Waals surface area contributed by atoms with Crippen LogP contribution in [0.4, 0.5) is 5.95 Å². The van der Waals surface area contributed by atoms with Crippen molar-refractivity contribution in [1.29, 1.82) is 0 Å². The van der Waals surface area contributed by atoms with Crippen molar-refractivity contribution in [3.8, 4) is 5.88 Å². The second-order valence-electron chi connectivity index (χ2n) is 4.15. The molecular formula is C14H15Br2N3O. The molecule has 0 aliphatic heterocycles. The number of benzene rings is 1. The van der Waals surface area contributed by atoms with Crippen molar-refractivity contribution in [2.24, 2.45) is 0 Å². The molecule has 0 amide bonds. The van der Waals surface area contributed by atoms with E-state index >= 15 is 0 Å². The van der Waals surface area contributed by atoms with E-state index in [1.54, 1.807) is 6.20 Å². The van der Waals surface area contributed by atoms with Crippen LogP contribution in [0.1, 0.15) is 18.9 Å². The van der Waals surface area contributed by atoms with Crippen LogP contribution in [0, 0.1) is 0 Å². The maximum atomic E-state index is 5.76. The predicted octanol–water partition coefficient (Wildman–Crippen LogP) is 4.40. The topological polar surface area (TPSA) is 47.0 Å². The van der Waals surface area contributed by atoms with Crippen LogP contribution in [0.5, 0.6) is 5.88 Å². The maximum Gasteiger partial charge on any atom is 0.233 e. The van der Waals surface area contributed by atoms with E-state index in [1.165, 1.54) is 0 Å². The predicted molar refractivity (Wildman–Crippen MR) is 87.0 cm³/mol. The highest BCUT2D eigenvalue weighted by molar-refractivity contribution is 9.10. The van der Waals surface area contributed by atoms with Crippen molar-refractivity contribution in [1.82, 2.24) is 9.97 Å². The van der Waals surface area contributed by atoms with Crippen LogP contribution >= 0.6 is 31.9 Å². The quantitative estimate of drug-likeness (QED) is 0.780. The molecule has 0 saturated heterocycles. The molecule has 4 nitrogen and oxygen atoms in total. The van der Waals surface area contributed by atoms with Gasteiger partial charge in [-0.05, 0) is 28.4 Å². The molecule has 0 aliphatic rings. The monoisotopic (exact) mass is 399 g/mol. The maximum absolute atomic E-state index is 5.76. The third-order valence-electron chi connectivity index (χ3n) is 2.57. The molecule has 0 unspecified atom stereocenters. The van der Waals surface area contributed by atoms with Gasteiger partial charge in [-0.25, -0.2) is 4.98 Å². The van der Waals surface area contributed by atoms with Gasteiger partial charge >= 0.3 is 0 Å². The van der Waals surface area contributed by atoms with E-state index in [1.807, 2.05) is 24.3 Å². The molecule has 20 heavy (non-hydrogen) atoms. The Kier molecular flexibility index (Phi) is 5.79. The van der Waals surface area contributed by atoms with Crippen molar-refractivity contribution < 1.29 is 4.74 Å². The van der Waals surface area contributed by atoms with E-state index in [4.69, 9.17) is 4.74 Å². The van der Waals surface area contributed by atoms with Gasteiger partial charge in [0.2, 0.25) is 11.8 Å². The smallest absolute Gasteiger partial charge is 0.233 e. The number of hydrogen-bond acceptors (Lipinski definition) is 4. The summed E-state index contributed by atoms with van der Waals surface area (Å²) in [6.45, 7) is 3.38. The summed E-state index contributed by atoms with van der Waals surface area (Å²) < 4.78 is 7.52. The molecule has 2 aromatic rings. The van der Waals surface area contributed by atoms with Crippen molar-refractivity contribution in [2.75, 3.05) is 11.9 Å². The highest BCUT2D eigenvalue weighted by Gasteiger charge is 2.07. The van der Waals surface area contributed by atoms with Crippen LogP contribution in [0.25, 0.3) is 0 Å². The van der Waals surface area contributed by atoms with Crippen molar-refractivity contribution in [3.63, 3.8) is 0 Å². The molecule has 0 fully saturated rings. The van der Waals surface area contributed by atoms with Gasteiger partial charge in [0.1, 0.15) is 6.61 Å². The highest BCUT2D eigenvalue weighted by atomic mass is 79.9. The van der Waals surface area contributed by atoms with Crippen LogP contribution in [0.2, 0.25) is 0 Å². The summed E-state index contributed by atoms with van der Waals surface area (Å²) in [4.78, 5) is 8.54.